The van der Waals surface area contributed by atoms with Gasteiger partial charge in [-0.2, -0.15) is 0 Å². The van der Waals surface area contributed by atoms with Crippen molar-refractivity contribution in [2.45, 2.75) is 0 Å². The van der Waals surface area contributed by atoms with Gasteiger partial charge in [0.2, 0.25) is 0 Å². The predicted molar refractivity (Wildman–Crippen MR) is 55.2 cm³/mol. The van der Waals surface area contributed by atoms with Gasteiger partial charge in [-0.1, -0.05) is 0 Å². The lowest BCUT2D eigenvalue weighted by Crippen LogP contribution is -1.94. The maximum Gasteiger partial charge on any atom is 0.352 e. The number of hydrogen-bond donors (Lipinski definition) is 3. The third kappa shape index (κ3) is 1.33. The Morgan fingerprint density at radius 2 is 2.29 bits per heavy atom. The number of fused-ring (bicyclic) bond motifs is 1. The van der Waals surface area contributed by atoms with Crippen LogP contribution in [0.25, 0.3) is 11.0 Å². The van der Waals surface area contributed by atoms with E-state index in [4.69, 9.17) is 10.8 Å². The number of aromatic nitrogens is 2. The van der Waals surface area contributed by atoms with Crippen molar-refractivity contribution in [2.75, 3.05) is 5.73 Å². The van der Waals surface area contributed by atoms with Gasteiger partial charge in [0, 0.05) is 11.1 Å². The zero-order valence-electron chi connectivity index (χ0n) is 6.91. The summed E-state index contributed by atoms with van der Waals surface area (Å²) >= 11 is 3.17. The summed E-state index contributed by atoms with van der Waals surface area (Å²) in [4.78, 5) is 17.4. The Kier molecular flexibility index (Phi) is 1.92. The number of hydrogen-bond acceptors (Lipinski definition) is 3. The quantitative estimate of drug-likeness (QED) is 0.676. The Labute approximate surface area is 87.1 Å². The van der Waals surface area contributed by atoms with E-state index in [0.717, 1.165) is 0 Å². The molecule has 2 aromatic rings. The standard InChI is InChI=1S/C8H6BrN3O2/c9-6-2-4(10)3-1-5(8(13)14)11-7(3)12-6/h1-2H,(H,13,14)(H3,10,11,12). The van der Waals surface area contributed by atoms with Crippen molar-refractivity contribution in [1.82, 2.24) is 9.97 Å². The molecule has 0 bridgehead atoms. The highest BCUT2D eigenvalue weighted by atomic mass is 79.9. The van der Waals surface area contributed by atoms with Crippen molar-refractivity contribution >= 4 is 38.6 Å². The number of pyridine rings is 1. The Balaban J connectivity index is 2.76. The van der Waals surface area contributed by atoms with E-state index in [-0.39, 0.29) is 5.69 Å². The van der Waals surface area contributed by atoms with E-state index in [0.29, 0.717) is 21.3 Å². The number of carboxylic acid groups (broad SMARTS) is 1. The van der Waals surface area contributed by atoms with Crippen LogP contribution in [0.3, 0.4) is 0 Å². The second kappa shape index (κ2) is 2.98. The van der Waals surface area contributed by atoms with Gasteiger partial charge in [-0.3, -0.25) is 0 Å². The summed E-state index contributed by atoms with van der Waals surface area (Å²) in [5.74, 6) is -1.03. The highest BCUT2D eigenvalue weighted by molar-refractivity contribution is 9.10. The maximum atomic E-state index is 10.7. The van der Waals surface area contributed by atoms with Crippen molar-refractivity contribution in [3.63, 3.8) is 0 Å². The second-order valence-corrected chi connectivity index (χ2v) is 3.60. The molecule has 0 unspecified atom stereocenters. The number of halogens is 1. The first kappa shape index (κ1) is 9.01. The largest absolute Gasteiger partial charge is 0.477 e. The summed E-state index contributed by atoms with van der Waals surface area (Å²) in [5.41, 5.74) is 6.73. The number of carbonyl (C=O) groups is 1. The lowest BCUT2D eigenvalue weighted by atomic mass is 10.3. The van der Waals surface area contributed by atoms with Crippen LogP contribution in [-0.4, -0.2) is 21.0 Å². The third-order valence-corrected chi connectivity index (χ3v) is 2.24. The molecule has 0 aliphatic rings. The molecule has 4 N–H and O–H groups in total. The zero-order valence-corrected chi connectivity index (χ0v) is 8.50. The molecule has 2 aromatic heterocycles. The number of H-pyrrole nitrogens is 1. The van der Waals surface area contributed by atoms with Crippen LogP contribution in [0, 0.1) is 0 Å². The number of aromatic carboxylic acids is 1. The van der Waals surface area contributed by atoms with E-state index < -0.39 is 5.97 Å². The number of nitrogen functional groups attached to an aromatic ring is 1. The van der Waals surface area contributed by atoms with E-state index in [9.17, 15) is 4.79 Å². The van der Waals surface area contributed by atoms with Gasteiger partial charge < -0.3 is 15.8 Å². The Morgan fingerprint density at radius 3 is 2.93 bits per heavy atom. The van der Waals surface area contributed by atoms with Gasteiger partial charge in [-0.25, -0.2) is 9.78 Å². The number of aromatic amines is 1. The van der Waals surface area contributed by atoms with Crippen LogP contribution in [0.5, 0.6) is 0 Å². The minimum atomic E-state index is -1.03. The minimum absolute atomic E-state index is 0.0808. The fraction of sp³-hybridized carbons (Fsp3) is 0. The summed E-state index contributed by atoms with van der Waals surface area (Å²) < 4.78 is 0.571. The van der Waals surface area contributed by atoms with Crippen LogP contribution in [0.2, 0.25) is 0 Å². The van der Waals surface area contributed by atoms with E-state index in [2.05, 4.69) is 25.9 Å². The average molecular weight is 256 g/mol. The molecule has 72 valence electrons. The number of nitrogens with two attached hydrogens (primary N) is 1. The summed E-state index contributed by atoms with van der Waals surface area (Å²) in [6, 6.07) is 3.09. The molecule has 2 rings (SSSR count). The molecule has 0 amide bonds. The molecular formula is C8H6BrN3O2. The first-order valence-electron chi connectivity index (χ1n) is 3.76. The number of carboxylic acids is 1. The average Bonchev–Trinajstić information content (AvgIpc) is 2.47. The summed E-state index contributed by atoms with van der Waals surface area (Å²) in [6.07, 6.45) is 0. The fourth-order valence-corrected chi connectivity index (χ4v) is 1.64. The van der Waals surface area contributed by atoms with E-state index in [1.165, 1.54) is 6.07 Å². The monoisotopic (exact) mass is 255 g/mol. The SMILES string of the molecule is Nc1cc(Br)nc2[nH]c(C(=O)O)cc12. The highest BCUT2D eigenvalue weighted by Gasteiger charge is 2.10. The van der Waals surface area contributed by atoms with Crippen molar-refractivity contribution in [3.8, 4) is 0 Å². The Bertz CT molecular complexity index is 521. The summed E-state index contributed by atoms with van der Waals surface area (Å²) in [5, 5.41) is 9.35. The smallest absolute Gasteiger partial charge is 0.352 e. The molecular weight excluding hydrogens is 250 g/mol. The van der Waals surface area contributed by atoms with Gasteiger partial charge in [-0.15, -0.1) is 0 Å². The first-order valence-corrected chi connectivity index (χ1v) is 4.55. The van der Waals surface area contributed by atoms with Crippen LogP contribution >= 0.6 is 15.9 Å². The molecule has 5 nitrogen and oxygen atoms in total. The number of nitrogens with zero attached hydrogens (tertiary/aromatic N) is 1. The van der Waals surface area contributed by atoms with E-state index in [1.807, 2.05) is 0 Å². The molecule has 2 heterocycles. The van der Waals surface area contributed by atoms with Crippen molar-refractivity contribution in [3.05, 3.63) is 22.4 Å². The van der Waals surface area contributed by atoms with Gasteiger partial charge in [0.25, 0.3) is 0 Å². The summed E-state index contributed by atoms with van der Waals surface area (Å²) in [7, 11) is 0. The van der Waals surface area contributed by atoms with Crippen LogP contribution in [0.1, 0.15) is 10.5 Å². The van der Waals surface area contributed by atoms with E-state index >= 15 is 0 Å². The van der Waals surface area contributed by atoms with Gasteiger partial charge in [-0.05, 0) is 28.1 Å². The Hall–Kier alpha value is -1.56. The molecule has 0 fully saturated rings. The summed E-state index contributed by atoms with van der Waals surface area (Å²) in [6.45, 7) is 0. The molecule has 14 heavy (non-hydrogen) atoms. The number of nitrogens with one attached hydrogen (secondary N) is 1. The van der Waals surface area contributed by atoms with Crippen molar-refractivity contribution in [2.24, 2.45) is 0 Å². The third-order valence-electron chi connectivity index (χ3n) is 1.83. The fourth-order valence-electron chi connectivity index (χ4n) is 1.21. The van der Waals surface area contributed by atoms with Crippen LogP contribution < -0.4 is 5.73 Å². The first-order chi connectivity index (χ1) is 6.58. The van der Waals surface area contributed by atoms with Crippen LogP contribution in [0.15, 0.2) is 16.7 Å². The van der Waals surface area contributed by atoms with Crippen LogP contribution in [-0.2, 0) is 0 Å². The lowest BCUT2D eigenvalue weighted by Gasteiger charge is -1.95. The molecule has 0 atom stereocenters. The number of rotatable bonds is 1. The van der Waals surface area contributed by atoms with Gasteiger partial charge in [0.15, 0.2) is 0 Å². The second-order valence-electron chi connectivity index (χ2n) is 2.78. The van der Waals surface area contributed by atoms with Gasteiger partial charge >= 0.3 is 5.97 Å². The highest BCUT2D eigenvalue weighted by Crippen LogP contribution is 2.23. The molecule has 0 spiro atoms. The van der Waals surface area contributed by atoms with Gasteiger partial charge in [0.1, 0.15) is 15.9 Å². The number of anilines is 1. The van der Waals surface area contributed by atoms with Crippen molar-refractivity contribution < 1.29 is 9.90 Å². The predicted octanol–water partition coefficient (Wildman–Crippen LogP) is 1.61. The minimum Gasteiger partial charge on any atom is -0.477 e. The van der Waals surface area contributed by atoms with Crippen LogP contribution in [0.4, 0.5) is 5.69 Å². The topological polar surface area (TPSA) is 92.0 Å². The molecule has 0 aromatic carbocycles. The van der Waals surface area contributed by atoms with Crippen molar-refractivity contribution in [1.29, 1.82) is 0 Å². The molecule has 0 aliphatic heterocycles. The maximum absolute atomic E-state index is 10.7. The normalized spacial score (nSPS) is 10.6. The van der Waals surface area contributed by atoms with Gasteiger partial charge in [0.05, 0.1) is 0 Å². The molecule has 6 heteroatoms. The molecule has 0 aliphatic carbocycles. The molecule has 0 radical (unpaired) electrons. The Morgan fingerprint density at radius 1 is 1.57 bits per heavy atom. The molecule has 0 saturated carbocycles. The molecule has 0 saturated heterocycles. The lowest BCUT2D eigenvalue weighted by molar-refractivity contribution is 0.0691. The van der Waals surface area contributed by atoms with E-state index in [1.54, 1.807) is 6.07 Å². The zero-order chi connectivity index (χ0) is 10.3.